The second kappa shape index (κ2) is 15.6. The molecule has 2 aromatic rings. The lowest BCUT2D eigenvalue weighted by Gasteiger charge is -2.40. The van der Waals surface area contributed by atoms with E-state index in [4.69, 9.17) is 4.74 Å². The summed E-state index contributed by atoms with van der Waals surface area (Å²) in [6.07, 6.45) is 8.72. The van der Waals surface area contributed by atoms with Gasteiger partial charge >= 0.3 is 6.03 Å². The molecule has 1 atom stereocenters. The Morgan fingerprint density at radius 1 is 1.00 bits per heavy atom. The number of urea groups is 1. The highest BCUT2D eigenvalue weighted by molar-refractivity contribution is 7.92. The average molecular weight is 609 g/mol. The van der Waals surface area contributed by atoms with Crippen molar-refractivity contribution in [3.05, 3.63) is 54.1 Å². The van der Waals surface area contributed by atoms with Gasteiger partial charge < -0.3 is 20.1 Å². The van der Waals surface area contributed by atoms with E-state index in [1.54, 1.807) is 24.3 Å². The topological polar surface area (TPSA) is 111 Å². The summed E-state index contributed by atoms with van der Waals surface area (Å²) < 4.78 is 31.1. The zero-order valence-electron chi connectivity index (χ0n) is 24.1. The van der Waals surface area contributed by atoms with Crippen LogP contribution < -0.4 is 14.8 Å². The average Bonchev–Trinajstić information content (AvgIpc) is 2.94. The van der Waals surface area contributed by atoms with Crippen LogP contribution in [0.4, 0.5) is 10.5 Å². The summed E-state index contributed by atoms with van der Waals surface area (Å²) in [4.78, 5) is 17.5. The number of anilines is 1. The smallest absolute Gasteiger partial charge is 0.317 e. The molecule has 1 saturated carbocycles. The summed E-state index contributed by atoms with van der Waals surface area (Å²) in [5, 5.41) is 13.6. The molecule has 1 unspecified atom stereocenters. The van der Waals surface area contributed by atoms with E-state index in [0.29, 0.717) is 30.2 Å². The monoisotopic (exact) mass is 608 g/mol. The molecule has 1 aliphatic heterocycles. The number of nitrogens with one attached hydrogen (secondary N) is 2. The Labute approximate surface area is 251 Å². The highest BCUT2D eigenvalue weighted by atomic mass is 35.5. The van der Waals surface area contributed by atoms with Gasteiger partial charge in [0.15, 0.2) is 0 Å². The molecule has 1 saturated heterocycles. The van der Waals surface area contributed by atoms with Gasteiger partial charge in [-0.3, -0.25) is 9.62 Å². The molecule has 4 rings (SSSR count). The fourth-order valence-corrected chi connectivity index (χ4v) is 6.07. The zero-order valence-corrected chi connectivity index (χ0v) is 25.8. The van der Waals surface area contributed by atoms with Crippen LogP contribution in [0.1, 0.15) is 63.9 Å². The van der Waals surface area contributed by atoms with Gasteiger partial charge in [0.1, 0.15) is 11.5 Å². The van der Waals surface area contributed by atoms with Gasteiger partial charge in [-0.15, -0.1) is 12.4 Å². The van der Waals surface area contributed by atoms with Gasteiger partial charge in [0.25, 0.3) is 0 Å². The maximum Gasteiger partial charge on any atom is 0.317 e. The number of hydrogen-bond acceptors (Lipinski definition) is 6. The number of aliphatic hydroxyl groups excluding tert-OH is 1. The van der Waals surface area contributed by atoms with E-state index in [1.165, 1.54) is 24.8 Å². The summed E-state index contributed by atoms with van der Waals surface area (Å²) in [5.41, 5.74) is 1.68. The third-order valence-electron chi connectivity index (χ3n) is 7.79. The molecule has 0 spiro atoms. The van der Waals surface area contributed by atoms with Gasteiger partial charge in [-0.25, -0.2) is 13.2 Å². The lowest BCUT2D eigenvalue weighted by Crippen LogP contribution is -2.54. The number of likely N-dealkylation sites (tertiary alicyclic amines) is 1. The lowest BCUT2D eigenvalue weighted by atomic mass is 9.95. The van der Waals surface area contributed by atoms with Crippen LogP contribution >= 0.6 is 12.4 Å². The quantitative estimate of drug-likeness (QED) is 0.317. The van der Waals surface area contributed by atoms with Gasteiger partial charge in [-0.2, -0.15) is 0 Å². The number of aliphatic hydroxyl groups is 1. The van der Waals surface area contributed by atoms with Gasteiger partial charge in [0.2, 0.25) is 10.0 Å². The molecular formula is C30H45ClN4O5S. The van der Waals surface area contributed by atoms with Gasteiger partial charge in [-0.1, -0.05) is 38.3 Å². The van der Waals surface area contributed by atoms with Crippen molar-refractivity contribution in [1.29, 1.82) is 0 Å². The van der Waals surface area contributed by atoms with E-state index < -0.39 is 16.1 Å². The first kappa shape index (κ1) is 33.0. The van der Waals surface area contributed by atoms with Crippen molar-refractivity contribution in [3.63, 3.8) is 0 Å². The van der Waals surface area contributed by atoms with Crippen LogP contribution in [0.25, 0.3) is 0 Å². The van der Waals surface area contributed by atoms with Gasteiger partial charge in [0.05, 0.1) is 12.4 Å². The Hall–Kier alpha value is -2.53. The first-order valence-electron chi connectivity index (χ1n) is 14.5. The minimum absolute atomic E-state index is 0. The molecule has 228 valence electrons. The first-order valence-corrected chi connectivity index (χ1v) is 16.4. The van der Waals surface area contributed by atoms with Gasteiger partial charge in [-0.05, 0) is 74.1 Å². The SMILES string of the molecule is CCC(O)CN(C(=O)NC1CCCCC1)C1CCN(Cc2ccc(Oc3ccc(NS(C)(=O)=O)cc3)cc2)CC1.Cl. The number of amides is 2. The van der Waals surface area contributed by atoms with Crippen LogP contribution in [0.3, 0.4) is 0 Å². The van der Waals surface area contributed by atoms with E-state index in [1.807, 2.05) is 24.0 Å². The molecule has 2 aromatic carbocycles. The number of carbonyl (C=O) groups is 1. The van der Waals surface area contributed by atoms with Crippen LogP contribution in [-0.2, 0) is 16.6 Å². The summed E-state index contributed by atoms with van der Waals surface area (Å²) in [5.74, 6) is 1.33. The normalized spacial score (nSPS) is 17.7. The predicted molar refractivity (Wildman–Crippen MR) is 165 cm³/mol. The molecule has 2 amide bonds. The molecule has 2 fully saturated rings. The Balaban J connectivity index is 0.00000462. The van der Waals surface area contributed by atoms with Crippen molar-refractivity contribution >= 4 is 34.1 Å². The predicted octanol–water partition coefficient (Wildman–Crippen LogP) is 5.35. The molecule has 3 N–H and O–H groups in total. The highest BCUT2D eigenvalue weighted by Crippen LogP contribution is 2.25. The fourth-order valence-electron chi connectivity index (χ4n) is 5.51. The van der Waals surface area contributed by atoms with Crippen LogP contribution in [0.2, 0.25) is 0 Å². The minimum atomic E-state index is -3.31. The van der Waals surface area contributed by atoms with E-state index in [2.05, 4.69) is 27.1 Å². The summed E-state index contributed by atoms with van der Waals surface area (Å²) >= 11 is 0. The number of halogens is 1. The Morgan fingerprint density at radius 2 is 1.59 bits per heavy atom. The van der Waals surface area contributed by atoms with Crippen molar-refractivity contribution < 1.29 is 23.1 Å². The number of ether oxygens (including phenoxy) is 1. The molecule has 1 heterocycles. The van der Waals surface area contributed by atoms with Crippen molar-refractivity contribution in [3.8, 4) is 11.5 Å². The standard InChI is InChI=1S/C30H44N4O5S.ClH/c1-3-27(35)22-34(30(36)31-24-7-5-4-6-8-24)26-17-19-33(20-18-26)21-23-9-13-28(14-10-23)39-29-15-11-25(12-16-29)32-40(2,37)38;/h9-16,24,26-27,32,35H,3-8,17-22H2,1-2H3,(H,31,36);1H. The van der Waals surface area contributed by atoms with Crippen molar-refractivity contribution in [2.75, 3.05) is 30.6 Å². The molecule has 2 aliphatic rings. The van der Waals surface area contributed by atoms with Crippen LogP contribution in [-0.4, -0.2) is 73.4 Å². The van der Waals surface area contributed by atoms with E-state index in [0.717, 1.165) is 51.6 Å². The van der Waals surface area contributed by atoms with E-state index in [9.17, 15) is 18.3 Å². The first-order chi connectivity index (χ1) is 19.2. The second-order valence-electron chi connectivity index (χ2n) is 11.2. The molecule has 1 aliphatic carbocycles. The maximum absolute atomic E-state index is 13.2. The number of sulfonamides is 1. The maximum atomic E-state index is 13.2. The summed E-state index contributed by atoms with van der Waals surface area (Å²) in [7, 11) is -3.31. The van der Waals surface area contributed by atoms with Crippen LogP contribution in [0.15, 0.2) is 48.5 Å². The Bertz CT molecular complexity index is 1180. The summed E-state index contributed by atoms with van der Waals surface area (Å²) in [6, 6.07) is 15.1. The fraction of sp³-hybridized carbons (Fsp3) is 0.567. The zero-order chi connectivity index (χ0) is 28.5. The third kappa shape index (κ3) is 10.7. The van der Waals surface area contributed by atoms with Crippen LogP contribution in [0.5, 0.6) is 11.5 Å². The molecule has 0 radical (unpaired) electrons. The number of rotatable bonds is 11. The lowest BCUT2D eigenvalue weighted by molar-refractivity contribution is 0.0704. The number of carbonyl (C=O) groups excluding carboxylic acids is 1. The molecule has 0 bridgehead atoms. The van der Waals surface area contributed by atoms with Gasteiger partial charge in [0, 0.05) is 44.0 Å². The summed E-state index contributed by atoms with van der Waals surface area (Å²) in [6.45, 7) is 4.96. The van der Waals surface area contributed by atoms with Crippen molar-refractivity contribution in [2.24, 2.45) is 0 Å². The Kier molecular flexibility index (Phi) is 12.6. The second-order valence-corrected chi connectivity index (χ2v) is 12.9. The van der Waals surface area contributed by atoms with E-state index in [-0.39, 0.29) is 30.5 Å². The van der Waals surface area contributed by atoms with Crippen LogP contribution in [0, 0.1) is 0 Å². The minimum Gasteiger partial charge on any atom is -0.457 e. The number of hydrogen-bond donors (Lipinski definition) is 3. The molecule has 0 aromatic heterocycles. The molecule has 9 nitrogen and oxygen atoms in total. The Morgan fingerprint density at radius 3 is 2.15 bits per heavy atom. The van der Waals surface area contributed by atoms with Crippen molar-refractivity contribution in [2.45, 2.75) is 83.0 Å². The molecular weight excluding hydrogens is 564 g/mol. The molecule has 11 heteroatoms. The van der Waals surface area contributed by atoms with E-state index >= 15 is 0 Å². The number of nitrogens with zero attached hydrogens (tertiary/aromatic N) is 2. The molecule has 41 heavy (non-hydrogen) atoms. The number of benzene rings is 2. The van der Waals surface area contributed by atoms with Crippen molar-refractivity contribution in [1.82, 2.24) is 15.1 Å². The largest absolute Gasteiger partial charge is 0.457 e. The number of piperidine rings is 1. The third-order valence-corrected chi connectivity index (χ3v) is 8.40. The highest BCUT2D eigenvalue weighted by Gasteiger charge is 2.30.